The van der Waals surface area contributed by atoms with Gasteiger partial charge in [-0.3, -0.25) is 4.79 Å². The molecule has 5 nitrogen and oxygen atoms in total. The van der Waals surface area contributed by atoms with E-state index in [1.807, 2.05) is 60.7 Å². The lowest BCUT2D eigenvalue weighted by Crippen LogP contribution is -2.44. The van der Waals surface area contributed by atoms with Crippen LogP contribution in [0.4, 0.5) is 0 Å². The second kappa shape index (κ2) is 12.4. The molecule has 4 rings (SSSR count). The van der Waals surface area contributed by atoms with E-state index in [1.165, 1.54) is 0 Å². The summed E-state index contributed by atoms with van der Waals surface area (Å²) in [4.78, 5) is 26.4. The van der Waals surface area contributed by atoms with Crippen molar-refractivity contribution < 1.29 is 19.8 Å². The van der Waals surface area contributed by atoms with Crippen LogP contribution in [0.5, 0.6) is 0 Å². The summed E-state index contributed by atoms with van der Waals surface area (Å²) in [5, 5.41) is 23.4. The highest BCUT2D eigenvalue weighted by atomic mass is 16.4. The number of piperidine rings is 1. The maximum Gasteiger partial charge on any atom is 0.162 e. The SMILES string of the molecule is CC(C)(C(=O)[O-])c1ccc(C(=O)CCCN2CCC(C(O)(c3ccccc3)c3ccccc3)CC2)cc1.[CH3+]. The van der Waals surface area contributed by atoms with E-state index in [4.69, 9.17) is 0 Å². The van der Waals surface area contributed by atoms with Crippen molar-refractivity contribution in [1.82, 2.24) is 4.90 Å². The lowest BCUT2D eigenvalue weighted by Gasteiger charge is -2.42. The molecule has 0 atom stereocenters. The lowest BCUT2D eigenvalue weighted by molar-refractivity contribution is -0.312. The third-order valence-electron chi connectivity index (χ3n) is 7.92. The predicted molar refractivity (Wildman–Crippen MR) is 150 cm³/mol. The van der Waals surface area contributed by atoms with E-state index in [9.17, 15) is 19.8 Å². The van der Waals surface area contributed by atoms with Crippen LogP contribution < -0.4 is 5.11 Å². The molecule has 38 heavy (non-hydrogen) atoms. The summed E-state index contributed by atoms with van der Waals surface area (Å²) in [5.41, 5.74) is 0.965. The van der Waals surface area contributed by atoms with Crippen LogP contribution in [0.25, 0.3) is 0 Å². The average Bonchev–Trinajstić information content (AvgIpc) is 2.94. The molecule has 5 heteroatoms. The first-order valence-electron chi connectivity index (χ1n) is 13.1. The van der Waals surface area contributed by atoms with Crippen LogP contribution in [-0.2, 0) is 15.8 Å². The van der Waals surface area contributed by atoms with Gasteiger partial charge in [0.1, 0.15) is 5.60 Å². The van der Waals surface area contributed by atoms with Crippen molar-refractivity contribution in [2.24, 2.45) is 5.92 Å². The molecule has 1 aliphatic heterocycles. The molecule has 1 aliphatic rings. The van der Waals surface area contributed by atoms with Crippen molar-refractivity contribution in [3.63, 3.8) is 0 Å². The highest BCUT2D eigenvalue weighted by molar-refractivity contribution is 5.96. The van der Waals surface area contributed by atoms with Gasteiger partial charge in [-0.25, -0.2) is 0 Å². The van der Waals surface area contributed by atoms with Gasteiger partial charge in [0.25, 0.3) is 0 Å². The lowest BCUT2D eigenvalue weighted by atomic mass is 9.72. The Hall–Kier alpha value is -3.41. The zero-order valence-corrected chi connectivity index (χ0v) is 22.7. The number of carbonyl (C=O) groups is 2. The number of hydrogen-bond acceptors (Lipinski definition) is 5. The van der Waals surface area contributed by atoms with Gasteiger partial charge in [0.15, 0.2) is 5.78 Å². The quantitative estimate of drug-likeness (QED) is 0.312. The Balaban J connectivity index is 0.00000400. The fourth-order valence-corrected chi connectivity index (χ4v) is 5.40. The number of carboxylic acids is 1. The second-order valence-electron chi connectivity index (χ2n) is 10.6. The summed E-state index contributed by atoms with van der Waals surface area (Å²) in [6.07, 6.45) is 2.96. The highest BCUT2D eigenvalue weighted by Crippen LogP contribution is 2.41. The molecular weight excluding hydrogens is 474 g/mol. The van der Waals surface area contributed by atoms with Gasteiger partial charge in [-0.1, -0.05) is 98.8 Å². The van der Waals surface area contributed by atoms with Gasteiger partial charge in [0.2, 0.25) is 0 Å². The number of likely N-dealkylation sites (tertiary alicyclic amines) is 1. The Kier molecular flexibility index (Phi) is 9.53. The Morgan fingerprint density at radius 2 is 1.34 bits per heavy atom. The van der Waals surface area contributed by atoms with Crippen molar-refractivity contribution in [2.45, 2.75) is 50.5 Å². The molecule has 0 saturated carbocycles. The first-order chi connectivity index (χ1) is 17.7. The molecule has 3 aromatic rings. The molecular formula is C33H39NO4. The summed E-state index contributed by atoms with van der Waals surface area (Å²) in [6.45, 7) is 5.80. The van der Waals surface area contributed by atoms with Gasteiger partial charge < -0.3 is 19.9 Å². The number of Topliss-reactive ketones (excluding diaryl/α,β-unsaturated/α-hetero) is 1. The minimum absolute atomic E-state index is 0. The summed E-state index contributed by atoms with van der Waals surface area (Å²) in [5.74, 6) is -0.963. The topological polar surface area (TPSA) is 80.7 Å². The van der Waals surface area contributed by atoms with Gasteiger partial charge in [-0.05, 0) is 61.5 Å². The maximum absolute atomic E-state index is 12.7. The normalized spacial score (nSPS) is 15.0. The average molecular weight is 514 g/mol. The third kappa shape index (κ3) is 6.17. The summed E-state index contributed by atoms with van der Waals surface area (Å²) in [6, 6.07) is 26.7. The number of rotatable bonds is 10. The number of aliphatic carboxylic acids is 1. The summed E-state index contributed by atoms with van der Waals surface area (Å²) < 4.78 is 0. The number of ketones is 1. The van der Waals surface area contributed by atoms with Gasteiger partial charge in [-0.15, -0.1) is 0 Å². The Labute approximate surface area is 227 Å². The minimum Gasteiger partial charge on any atom is -0.549 e. The zero-order valence-electron chi connectivity index (χ0n) is 22.7. The van der Waals surface area contributed by atoms with E-state index < -0.39 is 17.0 Å². The first-order valence-corrected chi connectivity index (χ1v) is 13.1. The summed E-state index contributed by atoms with van der Waals surface area (Å²) in [7, 11) is 0. The van der Waals surface area contributed by atoms with E-state index in [1.54, 1.807) is 38.1 Å². The number of aliphatic hydroxyl groups is 1. The molecule has 200 valence electrons. The number of benzene rings is 3. The van der Waals surface area contributed by atoms with Gasteiger partial charge in [-0.2, -0.15) is 0 Å². The van der Waals surface area contributed by atoms with E-state index in [0.717, 1.165) is 50.0 Å². The fourth-order valence-electron chi connectivity index (χ4n) is 5.40. The maximum atomic E-state index is 12.7. The van der Waals surface area contributed by atoms with E-state index in [-0.39, 0.29) is 19.1 Å². The monoisotopic (exact) mass is 513 g/mol. The molecule has 1 N–H and O–H groups in total. The minimum atomic E-state index is -1.14. The Morgan fingerprint density at radius 3 is 1.82 bits per heavy atom. The van der Waals surface area contributed by atoms with Crippen molar-refractivity contribution in [2.75, 3.05) is 19.6 Å². The number of nitrogens with zero attached hydrogens (tertiary/aromatic N) is 1. The van der Waals surface area contributed by atoms with Crippen LogP contribution in [0.2, 0.25) is 0 Å². The largest absolute Gasteiger partial charge is 0.549 e. The summed E-state index contributed by atoms with van der Waals surface area (Å²) >= 11 is 0. The van der Waals surface area contributed by atoms with Crippen molar-refractivity contribution >= 4 is 11.8 Å². The fraction of sp³-hybridized carbons (Fsp3) is 0.364. The number of carboxylic acid groups (broad SMARTS) is 1. The standard InChI is InChI=1S/C32H37NO4.CH3/c1-31(2,30(35)36)25-17-15-24(16-18-25)29(34)14-9-21-33-22-19-28(20-23-33)32(37,26-10-5-3-6-11-26)27-12-7-4-8-13-27;/h3-8,10-13,15-18,28,37H,9,14,19-23H2,1-2H3,(H,35,36);1H3/q;+1/p-1. The number of hydrogen-bond donors (Lipinski definition) is 1. The molecule has 3 aromatic carbocycles. The second-order valence-corrected chi connectivity index (χ2v) is 10.6. The van der Waals surface area contributed by atoms with E-state index >= 15 is 0 Å². The van der Waals surface area contributed by atoms with Crippen LogP contribution in [-0.4, -0.2) is 41.4 Å². The van der Waals surface area contributed by atoms with Gasteiger partial charge >= 0.3 is 0 Å². The van der Waals surface area contributed by atoms with Crippen molar-refractivity contribution in [3.8, 4) is 0 Å². The van der Waals surface area contributed by atoms with Gasteiger partial charge in [0.05, 0.1) is 5.97 Å². The third-order valence-corrected chi connectivity index (χ3v) is 7.92. The molecule has 0 spiro atoms. The molecule has 0 radical (unpaired) electrons. The predicted octanol–water partition coefficient (Wildman–Crippen LogP) is 4.78. The molecule has 1 saturated heterocycles. The smallest absolute Gasteiger partial charge is 0.162 e. The van der Waals surface area contributed by atoms with E-state index in [2.05, 4.69) is 4.90 Å². The molecule has 0 amide bonds. The van der Waals surface area contributed by atoms with Crippen LogP contribution in [0, 0.1) is 13.3 Å². The molecule has 0 bridgehead atoms. The Morgan fingerprint density at radius 1 is 0.842 bits per heavy atom. The van der Waals surface area contributed by atoms with Crippen LogP contribution in [0.15, 0.2) is 84.9 Å². The molecule has 0 aromatic heterocycles. The van der Waals surface area contributed by atoms with Crippen LogP contribution in [0.1, 0.15) is 66.6 Å². The molecule has 0 aliphatic carbocycles. The van der Waals surface area contributed by atoms with Crippen molar-refractivity contribution in [1.29, 1.82) is 0 Å². The van der Waals surface area contributed by atoms with E-state index in [0.29, 0.717) is 17.5 Å². The Bertz CT molecular complexity index is 1140. The van der Waals surface area contributed by atoms with Crippen molar-refractivity contribution in [3.05, 3.63) is 115 Å². The zero-order chi connectivity index (χ0) is 26.5. The first kappa shape index (κ1) is 29.2. The highest BCUT2D eigenvalue weighted by Gasteiger charge is 2.41. The van der Waals surface area contributed by atoms with Crippen LogP contribution in [0.3, 0.4) is 0 Å². The molecule has 1 heterocycles. The van der Waals surface area contributed by atoms with Gasteiger partial charge in [0, 0.05) is 24.8 Å². The molecule has 1 fully saturated rings. The van der Waals surface area contributed by atoms with Crippen LogP contribution >= 0.6 is 0 Å². The molecule has 0 unspecified atom stereocenters. The number of carbonyl (C=O) groups excluding carboxylic acids is 2.